The van der Waals surface area contributed by atoms with Crippen LogP contribution in [0.5, 0.6) is 0 Å². The van der Waals surface area contributed by atoms with Gasteiger partial charge in [0.1, 0.15) is 0 Å². The molecule has 2 saturated heterocycles. The number of carbonyl (C=O) groups excluding carboxylic acids is 1. The number of carbonyl (C=O) groups is 1. The summed E-state index contributed by atoms with van der Waals surface area (Å²) < 4.78 is 0. The molecule has 5 nitrogen and oxygen atoms in total. The maximum Gasteiger partial charge on any atom is 0.252 e. The second kappa shape index (κ2) is 9.67. The number of rotatable bonds is 8. The van der Waals surface area contributed by atoms with Crippen LogP contribution < -0.4 is 16.0 Å². The van der Waals surface area contributed by atoms with Crippen LogP contribution in [0, 0.1) is 6.92 Å². The van der Waals surface area contributed by atoms with Crippen molar-refractivity contribution >= 4 is 22.9 Å². The van der Waals surface area contributed by atoms with Crippen molar-refractivity contribution in [1.82, 2.24) is 15.5 Å². The lowest BCUT2D eigenvalue weighted by molar-refractivity contribution is 0.0939. The number of nitrogens with zero attached hydrogens (tertiary/aromatic N) is 1. The Morgan fingerprint density at radius 3 is 2.73 bits per heavy atom. The largest absolute Gasteiger partial charge is 0.380 e. The van der Waals surface area contributed by atoms with Gasteiger partial charge in [0.25, 0.3) is 5.91 Å². The fraction of sp³-hybridized carbons (Fsp3) is 0.370. The van der Waals surface area contributed by atoms with Crippen LogP contribution in [0.3, 0.4) is 0 Å². The van der Waals surface area contributed by atoms with Gasteiger partial charge < -0.3 is 16.0 Å². The lowest BCUT2D eigenvalue weighted by Crippen LogP contribution is -2.51. The van der Waals surface area contributed by atoms with E-state index in [2.05, 4.69) is 70.2 Å². The molecule has 0 bridgehead atoms. The minimum absolute atomic E-state index is 0.0336. The third kappa shape index (κ3) is 5.13. The van der Waals surface area contributed by atoms with Gasteiger partial charge >= 0.3 is 0 Å². The van der Waals surface area contributed by atoms with Crippen molar-refractivity contribution in [1.29, 1.82) is 0 Å². The van der Waals surface area contributed by atoms with Crippen molar-refractivity contribution in [3.63, 3.8) is 0 Å². The van der Waals surface area contributed by atoms with Crippen molar-refractivity contribution in [2.45, 2.75) is 38.9 Å². The standard InChI is InChI=1S/C27H32N4OS/c1-18-7-8-22(30-23-15-28-16-23)14-25(18)27(32)29-19(2)20-5-3-6-21(13-20)26-10-9-24(33-26)17-31-11-4-12-31/h3,5-10,13-14,19,23,28,30H,4,11-12,15-17H2,1-2H3,(H,29,32)/t19-/m1/s1. The summed E-state index contributed by atoms with van der Waals surface area (Å²) in [7, 11) is 0. The second-order valence-electron chi connectivity index (χ2n) is 9.25. The van der Waals surface area contributed by atoms with Crippen LogP contribution in [-0.4, -0.2) is 43.0 Å². The monoisotopic (exact) mass is 460 g/mol. The Hall–Kier alpha value is -2.67. The van der Waals surface area contributed by atoms with E-state index in [-0.39, 0.29) is 11.9 Å². The average molecular weight is 461 g/mol. The summed E-state index contributed by atoms with van der Waals surface area (Å²) in [6.45, 7) is 9.47. The molecule has 2 fully saturated rings. The predicted molar refractivity (Wildman–Crippen MR) is 137 cm³/mol. The van der Waals surface area contributed by atoms with Crippen LogP contribution in [0.25, 0.3) is 10.4 Å². The molecule has 3 aromatic rings. The van der Waals surface area contributed by atoms with Gasteiger partial charge in [0.2, 0.25) is 0 Å². The van der Waals surface area contributed by atoms with E-state index in [9.17, 15) is 4.79 Å². The summed E-state index contributed by atoms with van der Waals surface area (Å²) in [4.78, 5) is 18.3. The van der Waals surface area contributed by atoms with Crippen LogP contribution in [0.15, 0.2) is 54.6 Å². The van der Waals surface area contributed by atoms with E-state index in [1.807, 2.05) is 30.4 Å². The predicted octanol–water partition coefficient (Wildman–Crippen LogP) is 4.80. The number of hydrogen-bond acceptors (Lipinski definition) is 5. The van der Waals surface area contributed by atoms with Crippen molar-refractivity contribution in [3.8, 4) is 10.4 Å². The van der Waals surface area contributed by atoms with Gasteiger partial charge in [0, 0.05) is 40.6 Å². The van der Waals surface area contributed by atoms with Crippen molar-refractivity contribution < 1.29 is 4.79 Å². The van der Waals surface area contributed by atoms with Crippen LogP contribution >= 0.6 is 11.3 Å². The summed E-state index contributed by atoms with van der Waals surface area (Å²) in [5.41, 5.74) is 5.04. The van der Waals surface area contributed by atoms with Crippen LogP contribution in [0.1, 0.15) is 45.7 Å². The lowest BCUT2D eigenvalue weighted by Gasteiger charge is -2.29. The molecule has 1 atom stereocenters. The average Bonchev–Trinajstić information content (AvgIpc) is 3.23. The first kappa shape index (κ1) is 22.1. The fourth-order valence-corrected chi connectivity index (χ4v) is 5.33. The molecule has 1 aromatic heterocycles. The number of thiophene rings is 1. The zero-order chi connectivity index (χ0) is 22.8. The first-order valence-corrected chi connectivity index (χ1v) is 12.7. The number of likely N-dealkylation sites (tertiary alicyclic amines) is 1. The van der Waals surface area contributed by atoms with Gasteiger partial charge in [-0.2, -0.15) is 0 Å². The number of nitrogens with one attached hydrogen (secondary N) is 3. The molecule has 2 aliphatic rings. The summed E-state index contributed by atoms with van der Waals surface area (Å²) in [5.74, 6) is -0.0336. The van der Waals surface area contributed by atoms with Gasteiger partial charge in [0.15, 0.2) is 0 Å². The summed E-state index contributed by atoms with van der Waals surface area (Å²) in [5, 5.41) is 9.96. The molecule has 172 valence electrons. The molecule has 3 N–H and O–H groups in total. The molecule has 1 amide bonds. The Kier molecular flexibility index (Phi) is 6.49. The summed E-state index contributed by atoms with van der Waals surface area (Å²) in [6, 6.07) is 19.4. The number of benzene rings is 2. The van der Waals surface area contributed by atoms with E-state index in [1.54, 1.807) is 0 Å². The number of aryl methyl sites for hydroxylation is 1. The van der Waals surface area contributed by atoms with Crippen LogP contribution in [0.2, 0.25) is 0 Å². The smallest absolute Gasteiger partial charge is 0.252 e. The second-order valence-corrected chi connectivity index (χ2v) is 10.4. The van der Waals surface area contributed by atoms with E-state index in [0.717, 1.165) is 42.0 Å². The van der Waals surface area contributed by atoms with Crippen molar-refractivity contribution in [2.75, 3.05) is 31.5 Å². The molecular weight excluding hydrogens is 428 g/mol. The third-order valence-corrected chi connectivity index (χ3v) is 7.76. The van der Waals surface area contributed by atoms with Gasteiger partial charge in [-0.05, 0) is 80.4 Å². The molecule has 2 aliphatic heterocycles. The Morgan fingerprint density at radius 2 is 2.00 bits per heavy atom. The highest BCUT2D eigenvalue weighted by atomic mass is 32.1. The first-order valence-electron chi connectivity index (χ1n) is 11.9. The minimum atomic E-state index is -0.0789. The van der Waals surface area contributed by atoms with Crippen LogP contribution in [0.4, 0.5) is 5.69 Å². The normalized spacial score (nSPS) is 17.2. The number of hydrogen-bond donors (Lipinski definition) is 3. The minimum Gasteiger partial charge on any atom is -0.380 e. The van der Waals surface area contributed by atoms with Gasteiger partial charge in [-0.1, -0.05) is 24.3 Å². The molecule has 0 saturated carbocycles. The summed E-state index contributed by atoms with van der Waals surface area (Å²) in [6.07, 6.45) is 1.32. The highest BCUT2D eigenvalue weighted by Crippen LogP contribution is 2.31. The number of amides is 1. The third-order valence-electron chi connectivity index (χ3n) is 6.64. The quantitative estimate of drug-likeness (QED) is 0.452. The Labute approximate surface area is 200 Å². The molecule has 33 heavy (non-hydrogen) atoms. The van der Waals surface area contributed by atoms with Gasteiger partial charge in [-0.3, -0.25) is 9.69 Å². The highest BCUT2D eigenvalue weighted by molar-refractivity contribution is 7.15. The molecule has 3 heterocycles. The first-order chi connectivity index (χ1) is 16.0. The molecule has 6 heteroatoms. The zero-order valence-electron chi connectivity index (χ0n) is 19.4. The van der Waals surface area contributed by atoms with Crippen LogP contribution in [-0.2, 0) is 6.54 Å². The van der Waals surface area contributed by atoms with Gasteiger partial charge in [0.05, 0.1) is 12.1 Å². The SMILES string of the molecule is Cc1ccc(NC2CNC2)cc1C(=O)N[C@H](C)c1cccc(-c2ccc(CN3CCC3)s2)c1. The van der Waals surface area contributed by atoms with Gasteiger partial charge in [-0.15, -0.1) is 11.3 Å². The number of anilines is 1. The van der Waals surface area contributed by atoms with Gasteiger partial charge in [-0.25, -0.2) is 0 Å². The molecule has 0 radical (unpaired) electrons. The van der Waals surface area contributed by atoms with E-state index in [0.29, 0.717) is 6.04 Å². The summed E-state index contributed by atoms with van der Waals surface area (Å²) >= 11 is 1.87. The molecule has 5 rings (SSSR count). The maximum atomic E-state index is 13.1. The maximum absolute atomic E-state index is 13.1. The van der Waals surface area contributed by atoms with E-state index in [4.69, 9.17) is 0 Å². The van der Waals surface area contributed by atoms with E-state index in [1.165, 1.54) is 34.8 Å². The highest BCUT2D eigenvalue weighted by Gasteiger charge is 2.19. The fourth-order valence-electron chi connectivity index (χ4n) is 4.28. The molecule has 0 aliphatic carbocycles. The van der Waals surface area contributed by atoms with Crippen molar-refractivity contribution in [3.05, 3.63) is 76.2 Å². The van der Waals surface area contributed by atoms with E-state index < -0.39 is 0 Å². The Bertz CT molecular complexity index is 1130. The topological polar surface area (TPSA) is 56.4 Å². The molecule has 0 spiro atoms. The van der Waals surface area contributed by atoms with Crippen molar-refractivity contribution in [2.24, 2.45) is 0 Å². The Balaban J connectivity index is 1.26. The zero-order valence-corrected chi connectivity index (χ0v) is 20.2. The molecule has 2 aromatic carbocycles. The molecule has 0 unspecified atom stereocenters. The lowest BCUT2D eigenvalue weighted by atomic mass is 10.0. The molecular formula is C27H32N4OS. The van der Waals surface area contributed by atoms with E-state index >= 15 is 0 Å². The Morgan fingerprint density at radius 1 is 1.15 bits per heavy atom.